The Morgan fingerprint density at radius 2 is 1.94 bits per heavy atom. The minimum Gasteiger partial charge on any atom is -0.465 e. The van der Waals surface area contributed by atoms with Crippen LogP contribution in [-0.2, 0) is 9.53 Å². The molecule has 1 fully saturated rings. The van der Waals surface area contributed by atoms with Crippen molar-refractivity contribution in [2.24, 2.45) is 5.92 Å². The maximum atomic E-state index is 11.7. The standard InChI is InChI=1S/C13H25NO2/c1-4-16-12(15)13(2,3)14-10-11-8-6-5-7-9-11/h11,14H,4-10H2,1-3H3. The number of carbonyl (C=O) groups is 1. The van der Waals surface area contributed by atoms with Gasteiger partial charge in [0, 0.05) is 0 Å². The molecule has 0 atom stereocenters. The second-order valence-electron chi connectivity index (χ2n) is 5.23. The lowest BCUT2D eigenvalue weighted by Crippen LogP contribution is -2.49. The number of ether oxygens (including phenoxy) is 1. The van der Waals surface area contributed by atoms with Gasteiger partial charge in [0.1, 0.15) is 5.54 Å². The minimum atomic E-state index is -0.548. The summed E-state index contributed by atoms with van der Waals surface area (Å²) in [4.78, 5) is 11.7. The fourth-order valence-corrected chi connectivity index (χ4v) is 2.17. The van der Waals surface area contributed by atoms with Crippen molar-refractivity contribution in [1.29, 1.82) is 0 Å². The van der Waals surface area contributed by atoms with Crippen LogP contribution in [0.5, 0.6) is 0 Å². The molecule has 1 aliphatic carbocycles. The number of carbonyl (C=O) groups excluding carboxylic acids is 1. The van der Waals surface area contributed by atoms with Gasteiger partial charge in [-0.3, -0.25) is 4.79 Å². The van der Waals surface area contributed by atoms with Crippen molar-refractivity contribution >= 4 is 5.97 Å². The van der Waals surface area contributed by atoms with Crippen LogP contribution in [0.3, 0.4) is 0 Å². The van der Waals surface area contributed by atoms with Gasteiger partial charge in [-0.1, -0.05) is 19.3 Å². The lowest BCUT2D eigenvalue weighted by Gasteiger charge is -2.28. The zero-order valence-corrected chi connectivity index (χ0v) is 10.8. The summed E-state index contributed by atoms with van der Waals surface area (Å²) in [5.41, 5.74) is -0.548. The largest absolute Gasteiger partial charge is 0.465 e. The van der Waals surface area contributed by atoms with E-state index in [1.807, 2.05) is 20.8 Å². The molecule has 1 rings (SSSR count). The summed E-state index contributed by atoms with van der Waals surface area (Å²) >= 11 is 0. The molecule has 3 nitrogen and oxygen atoms in total. The van der Waals surface area contributed by atoms with Crippen LogP contribution in [0.4, 0.5) is 0 Å². The Morgan fingerprint density at radius 1 is 1.31 bits per heavy atom. The Balaban J connectivity index is 2.31. The van der Waals surface area contributed by atoms with Crippen LogP contribution in [0.1, 0.15) is 52.9 Å². The van der Waals surface area contributed by atoms with Gasteiger partial charge in [0.05, 0.1) is 6.61 Å². The fraction of sp³-hybridized carbons (Fsp3) is 0.923. The average molecular weight is 227 g/mol. The highest BCUT2D eigenvalue weighted by Crippen LogP contribution is 2.23. The Kier molecular flexibility index (Phi) is 5.26. The molecule has 0 amide bonds. The summed E-state index contributed by atoms with van der Waals surface area (Å²) in [5, 5.41) is 3.34. The van der Waals surface area contributed by atoms with Crippen molar-refractivity contribution in [1.82, 2.24) is 5.32 Å². The second kappa shape index (κ2) is 6.24. The molecule has 0 bridgehead atoms. The van der Waals surface area contributed by atoms with Gasteiger partial charge < -0.3 is 10.1 Å². The van der Waals surface area contributed by atoms with Gasteiger partial charge in [-0.25, -0.2) is 0 Å². The first-order valence-corrected chi connectivity index (χ1v) is 6.48. The number of hydrogen-bond acceptors (Lipinski definition) is 3. The Morgan fingerprint density at radius 3 is 2.50 bits per heavy atom. The summed E-state index contributed by atoms with van der Waals surface area (Å²) in [6, 6.07) is 0. The van der Waals surface area contributed by atoms with E-state index in [1.54, 1.807) is 0 Å². The lowest BCUT2D eigenvalue weighted by molar-refractivity contribution is -0.149. The maximum absolute atomic E-state index is 11.7. The molecule has 0 aromatic heterocycles. The van der Waals surface area contributed by atoms with Crippen molar-refractivity contribution < 1.29 is 9.53 Å². The molecule has 3 heteroatoms. The number of hydrogen-bond donors (Lipinski definition) is 1. The van der Waals surface area contributed by atoms with Gasteiger partial charge >= 0.3 is 5.97 Å². The highest BCUT2D eigenvalue weighted by molar-refractivity contribution is 5.79. The van der Waals surface area contributed by atoms with E-state index < -0.39 is 5.54 Å². The van der Waals surface area contributed by atoms with E-state index in [2.05, 4.69) is 5.32 Å². The van der Waals surface area contributed by atoms with E-state index in [9.17, 15) is 4.79 Å². The van der Waals surface area contributed by atoms with Gasteiger partial charge in [-0.05, 0) is 46.1 Å². The number of rotatable bonds is 5. The highest BCUT2D eigenvalue weighted by Gasteiger charge is 2.29. The van der Waals surface area contributed by atoms with Gasteiger partial charge in [0.15, 0.2) is 0 Å². The topological polar surface area (TPSA) is 38.3 Å². The molecule has 1 saturated carbocycles. The molecule has 1 N–H and O–H groups in total. The third-order valence-electron chi connectivity index (χ3n) is 3.34. The van der Waals surface area contributed by atoms with Crippen LogP contribution < -0.4 is 5.32 Å². The van der Waals surface area contributed by atoms with Gasteiger partial charge in [-0.15, -0.1) is 0 Å². The molecule has 0 heterocycles. The van der Waals surface area contributed by atoms with E-state index >= 15 is 0 Å². The first-order valence-electron chi connectivity index (χ1n) is 6.48. The molecule has 94 valence electrons. The summed E-state index contributed by atoms with van der Waals surface area (Å²) < 4.78 is 5.05. The van der Waals surface area contributed by atoms with Gasteiger partial charge in [0.2, 0.25) is 0 Å². The molecule has 16 heavy (non-hydrogen) atoms. The predicted molar refractivity (Wildman–Crippen MR) is 65.3 cm³/mol. The van der Waals surface area contributed by atoms with E-state index in [0.717, 1.165) is 12.5 Å². The van der Waals surface area contributed by atoms with E-state index in [0.29, 0.717) is 6.61 Å². The van der Waals surface area contributed by atoms with Crippen LogP contribution in [0, 0.1) is 5.92 Å². The van der Waals surface area contributed by atoms with Crippen molar-refractivity contribution in [3.63, 3.8) is 0 Å². The third kappa shape index (κ3) is 4.12. The molecule has 0 radical (unpaired) electrons. The predicted octanol–water partition coefficient (Wildman–Crippen LogP) is 2.50. The quantitative estimate of drug-likeness (QED) is 0.733. The smallest absolute Gasteiger partial charge is 0.325 e. The molecular formula is C13H25NO2. The zero-order valence-electron chi connectivity index (χ0n) is 10.8. The minimum absolute atomic E-state index is 0.147. The zero-order chi connectivity index (χ0) is 12.0. The van der Waals surface area contributed by atoms with Crippen LogP contribution in [0.25, 0.3) is 0 Å². The monoisotopic (exact) mass is 227 g/mol. The molecule has 0 aromatic carbocycles. The highest BCUT2D eigenvalue weighted by atomic mass is 16.5. The summed E-state index contributed by atoms with van der Waals surface area (Å²) in [6.07, 6.45) is 6.65. The number of nitrogens with one attached hydrogen (secondary N) is 1. The Labute approximate surface area is 98.9 Å². The molecule has 0 aromatic rings. The maximum Gasteiger partial charge on any atom is 0.325 e. The molecular weight excluding hydrogens is 202 g/mol. The van der Waals surface area contributed by atoms with Crippen LogP contribution >= 0.6 is 0 Å². The van der Waals surface area contributed by atoms with Crippen LogP contribution in [0.15, 0.2) is 0 Å². The SMILES string of the molecule is CCOC(=O)C(C)(C)NCC1CCCCC1. The normalized spacial score (nSPS) is 18.4. The van der Waals surface area contributed by atoms with E-state index in [1.165, 1.54) is 32.1 Å². The van der Waals surface area contributed by atoms with Gasteiger partial charge in [0.25, 0.3) is 0 Å². The van der Waals surface area contributed by atoms with Crippen molar-refractivity contribution in [2.45, 2.75) is 58.4 Å². The van der Waals surface area contributed by atoms with Crippen molar-refractivity contribution in [3.05, 3.63) is 0 Å². The summed E-state index contributed by atoms with van der Waals surface area (Å²) in [5.74, 6) is 0.591. The van der Waals surface area contributed by atoms with E-state index in [4.69, 9.17) is 4.74 Å². The number of esters is 1. The molecule has 0 saturated heterocycles. The van der Waals surface area contributed by atoms with Crippen LogP contribution in [0.2, 0.25) is 0 Å². The summed E-state index contributed by atoms with van der Waals surface area (Å²) in [7, 11) is 0. The lowest BCUT2D eigenvalue weighted by atomic mass is 9.88. The van der Waals surface area contributed by atoms with Crippen molar-refractivity contribution in [3.8, 4) is 0 Å². The Hall–Kier alpha value is -0.570. The fourth-order valence-electron chi connectivity index (χ4n) is 2.17. The third-order valence-corrected chi connectivity index (χ3v) is 3.34. The van der Waals surface area contributed by atoms with Crippen LogP contribution in [-0.4, -0.2) is 24.7 Å². The first-order chi connectivity index (χ1) is 7.56. The molecule has 1 aliphatic rings. The molecule has 0 aliphatic heterocycles. The van der Waals surface area contributed by atoms with Gasteiger partial charge in [-0.2, -0.15) is 0 Å². The van der Waals surface area contributed by atoms with E-state index in [-0.39, 0.29) is 5.97 Å². The Bertz CT molecular complexity index is 220. The van der Waals surface area contributed by atoms with Crippen molar-refractivity contribution in [2.75, 3.05) is 13.2 Å². The average Bonchev–Trinajstić information content (AvgIpc) is 2.28. The molecule has 0 spiro atoms. The second-order valence-corrected chi connectivity index (χ2v) is 5.23. The first kappa shape index (κ1) is 13.5. The summed E-state index contributed by atoms with van der Waals surface area (Å²) in [6.45, 7) is 7.02. The molecule has 0 unspecified atom stereocenters.